The molecule has 0 atom stereocenters. The molecule has 0 bridgehead atoms. The molecule has 0 amide bonds. The van der Waals surface area contributed by atoms with E-state index in [1.165, 1.54) is 42.5 Å². The molecular weight excluding hydrogens is 369 g/mol. The summed E-state index contributed by atoms with van der Waals surface area (Å²) in [6, 6.07) is 9.84. The molecule has 2 aromatic rings. The van der Waals surface area contributed by atoms with Gasteiger partial charge in [0, 0.05) is 24.1 Å². The predicted octanol–water partition coefficient (Wildman–Crippen LogP) is 4.64. The van der Waals surface area contributed by atoms with Crippen LogP contribution < -0.4 is 0 Å². The quantitative estimate of drug-likeness (QED) is 0.341. The average Bonchev–Trinajstić information content (AvgIpc) is 2.54. The van der Waals surface area contributed by atoms with Crippen LogP contribution in [0.15, 0.2) is 48.0 Å². The Balaban J connectivity index is 2.31. The molecule has 0 saturated carbocycles. The fraction of sp³-hybridized carbons (Fsp3) is 0.0588. The monoisotopic (exact) mass is 379 g/mol. The summed E-state index contributed by atoms with van der Waals surface area (Å²) in [6.07, 6.45) is 0.852. The largest absolute Gasteiger partial charge is 0.478 e. The molecule has 8 heteroatoms. The van der Waals surface area contributed by atoms with Gasteiger partial charge in [0.2, 0.25) is 0 Å². The lowest BCUT2D eigenvalue weighted by atomic mass is 10.0. The number of carboxylic acids is 1. The van der Waals surface area contributed by atoms with Crippen LogP contribution in [-0.2, 0) is 4.79 Å². The Labute approximate surface area is 152 Å². The van der Waals surface area contributed by atoms with Crippen molar-refractivity contribution in [1.82, 2.24) is 0 Å². The Bertz CT molecular complexity index is 855. The van der Waals surface area contributed by atoms with Crippen molar-refractivity contribution in [3.8, 4) is 0 Å². The van der Waals surface area contributed by atoms with Crippen molar-refractivity contribution in [1.29, 1.82) is 0 Å². The smallest absolute Gasteiger partial charge is 0.332 e. The van der Waals surface area contributed by atoms with Crippen molar-refractivity contribution < 1.29 is 19.6 Å². The number of carboxylic acid groups (broad SMARTS) is 1. The van der Waals surface area contributed by atoms with Crippen LogP contribution in [0.3, 0.4) is 0 Å². The highest BCUT2D eigenvalue weighted by Gasteiger charge is 2.19. The number of carbonyl (C=O) groups is 2. The summed E-state index contributed by atoms with van der Waals surface area (Å²) < 4.78 is 0. The molecule has 0 aliphatic rings. The first-order valence-electron chi connectivity index (χ1n) is 6.95. The molecule has 25 heavy (non-hydrogen) atoms. The topological polar surface area (TPSA) is 97.5 Å². The molecule has 0 aromatic heterocycles. The van der Waals surface area contributed by atoms with Crippen molar-refractivity contribution in [2.45, 2.75) is 6.42 Å². The van der Waals surface area contributed by atoms with Crippen LogP contribution in [0.1, 0.15) is 22.3 Å². The summed E-state index contributed by atoms with van der Waals surface area (Å²) in [5, 5.41) is 20.2. The number of aliphatic carboxylic acids is 1. The number of benzene rings is 2. The van der Waals surface area contributed by atoms with Gasteiger partial charge in [-0.15, -0.1) is 0 Å². The van der Waals surface area contributed by atoms with Gasteiger partial charge in [-0.05, 0) is 35.9 Å². The minimum Gasteiger partial charge on any atom is -0.478 e. The number of halogens is 2. The molecule has 0 spiro atoms. The second-order valence-corrected chi connectivity index (χ2v) is 5.83. The van der Waals surface area contributed by atoms with Crippen molar-refractivity contribution in [3.63, 3.8) is 0 Å². The van der Waals surface area contributed by atoms with Gasteiger partial charge < -0.3 is 5.11 Å². The number of nitro benzene ring substituents is 1. The summed E-state index contributed by atoms with van der Waals surface area (Å²) in [4.78, 5) is 33.9. The van der Waals surface area contributed by atoms with Crippen LogP contribution in [0.5, 0.6) is 0 Å². The third kappa shape index (κ3) is 4.65. The Morgan fingerprint density at radius 3 is 2.12 bits per heavy atom. The molecule has 0 aliphatic carbocycles. The number of hydrogen-bond donors (Lipinski definition) is 1. The highest BCUT2D eigenvalue weighted by molar-refractivity contribution is 6.40. The maximum Gasteiger partial charge on any atom is 0.332 e. The summed E-state index contributed by atoms with van der Waals surface area (Å²) in [7, 11) is 0. The SMILES string of the molecule is O=C(O)/C(=C/c1ccc([N+](=O)[O-])cc1)CC(=O)c1c(Cl)cccc1Cl. The second kappa shape index (κ2) is 7.92. The lowest BCUT2D eigenvalue weighted by molar-refractivity contribution is -0.384. The lowest BCUT2D eigenvalue weighted by Gasteiger charge is -2.07. The molecule has 1 N–H and O–H groups in total. The number of nitrogens with zero attached hydrogens (tertiary/aromatic N) is 1. The second-order valence-electron chi connectivity index (χ2n) is 5.02. The van der Waals surface area contributed by atoms with E-state index >= 15 is 0 Å². The minimum atomic E-state index is -1.28. The van der Waals surface area contributed by atoms with Crippen molar-refractivity contribution in [2.75, 3.05) is 0 Å². The van der Waals surface area contributed by atoms with Gasteiger partial charge in [-0.1, -0.05) is 29.3 Å². The number of Topliss-reactive ketones (excluding diaryl/α,β-unsaturated/α-hetero) is 1. The van der Waals surface area contributed by atoms with Gasteiger partial charge in [-0.2, -0.15) is 0 Å². The van der Waals surface area contributed by atoms with Gasteiger partial charge in [-0.25, -0.2) is 4.79 Å². The van der Waals surface area contributed by atoms with E-state index in [0.29, 0.717) is 5.56 Å². The molecule has 0 saturated heterocycles. The van der Waals surface area contributed by atoms with Crippen LogP contribution in [0, 0.1) is 10.1 Å². The molecule has 128 valence electrons. The molecule has 2 rings (SSSR count). The number of hydrogen-bond acceptors (Lipinski definition) is 4. The molecule has 0 unspecified atom stereocenters. The molecular formula is C17H11Cl2NO5. The van der Waals surface area contributed by atoms with Gasteiger partial charge in [0.1, 0.15) is 0 Å². The Hall–Kier alpha value is -2.70. The average molecular weight is 380 g/mol. The fourth-order valence-electron chi connectivity index (χ4n) is 2.11. The van der Waals surface area contributed by atoms with E-state index in [-0.39, 0.29) is 26.9 Å². The number of ketones is 1. The molecule has 0 heterocycles. The zero-order chi connectivity index (χ0) is 18.6. The van der Waals surface area contributed by atoms with Crippen molar-refractivity contribution in [3.05, 3.63) is 79.3 Å². The third-order valence-corrected chi connectivity index (χ3v) is 3.94. The predicted molar refractivity (Wildman–Crippen MR) is 94.1 cm³/mol. The van der Waals surface area contributed by atoms with Gasteiger partial charge in [-0.3, -0.25) is 14.9 Å². The maximum absolute atomic E-state index is 12.4. The Morgan fingerprint density at radius 1 is 1.08 bits per heavy atom. The Kier molecular flexibility index (Phi) is 5.90. The normalized spacial score (nSPS) is 11.2. The minimum absolute atomic E-state index is 0.0571. The summed E-state index contributed by atoms with van der Waals surface area (Å²) in [5.74, 6) is -1.82. The van der Waals surface area contributed by atoms with E-state index in [4.69, 9.17) is 23.2 Å². The van der Waals surface area contributed by atoms with Crippen molar-refractivity contribution >= 4 is 46.7 Å². The van der Waals surface area contributed by atoms with Crippen molar-refractivity contribution in [2.24, 2.45) is 0 Å². The summed E-state index contributed by atoms with van der Waals surface area (Å²) in [6.45, 7) is 0. The Morgan fingerprint density at radius 2 is 1.64 bits per heavy atom. The number of non-ortho nitro benzene ring substituents is 1. The molecule has 0 aliphatic heterocycles. The first-order chi connectivity index (χ1) is 11.8. The molecule has 6 nitrogen and oxygen atoms in total. The molecule has 2 aromatic carbocycles. The molecule has 0 radical (unpaired) electrons. The van der Waals surface area contributed by atoms with Crippen LogP contribution in [0.4, 0.5) is 5.69 Å². The first kappa shape index (κ1) is 18.6. The lowest BCUT2D eigenvalue weighted by Crippen LogP contribution is -2.09. The first-order valence-corrected chi connectivity index (χ1v) is 7.70. The van der Waals surface area contributed by atoms with Gasteiger partial charge >= 0.3 is 5.97 Å². The summed E-state index contributed by atoms with van der Waals surface area (Å²) >= 11 is 11.9. The molecule has 0 fully saturated rings. The highest BCUT2D eigenvalue weighted by atomic mass is 35.5. The van der Waals surface area contributed by atoms with E-state index < -0.39 is 23.1 Å². The highest BCUT2D eigenvalue weighted by Crippen LogP contribution is 2.27. The van der Waals surface area contributed by atoms with E-state index in [1.54, 1.807) is 6.07 Å². The van der Waals surface area contributed by atoms with E-state index in [1.807, 2.05) is 0 Å². The number of rotatable bonds is 6. The fourth-order valence-corrected chi connectivity index (χ4v) is 2.72. The van der Waals surface area contributed by atoms with E-state index in [9.17, 15) is 24.8 Å². The van der Waals surface area contributed by atoms with Gasteiger partial charge in [0.15, 0.2) is 5.78 Å². The number of carbonyl (C=O) groups excluding carboxylic acids is 1. The maximum atomic E-state index is 12.4. The van der Waals surface area contributed by atoms with Gasteiger partial charge in [0.05, 0.1) is 20.5 Å². The zero-order valence-electron chi connectivity index (χ0n) is 12.6. The van der Waals surface area contributed by atoms with Crippen LogP contribution >= 0.6 is 23.2 Å². The van der Waals surface area contributed by atoms with Crippen LogP contribution in [0.25, 0.3) is 6.08 Å². The van der Waals surface area contributed by atoms with Crippen LogP contribution in [0.2, 0.25) is 10.0 Å². The van der Waals surface area contributed by atoms with Gasteiger partial charge in [0.25, 0.3) is 5.69 Å². The number of nitro groups is 1. The standard InChI is InChI=1S/C17H11Cl2NO5/c18-13-2-1-3-14(19)16(13)15(21)9-11(17(22)23)8-10-4-6-12(7-5-10)20(24)25/h1-8H,9H2,(H,22,23)/b11-8+. The zero-order valence-corrected chi connectivity index (χ0v) is 14.1. The van der Waals surface area contributed by atoms with E-state index in [0.717, 1.165) is 0 Å². The summed E-state index contributed by atoms with van der Waals surface area (Å²) in [5.41, 5.74) is 0.172. The van der Waals surface area contributed by atoms with E-state index in [2.05, 4.69) is 0 Å². The third-order valence-electron chi connectivity index (χ3n) is 3.31. The van der Waals surface area contributed by atoms with Crippen LogP contribution in [-0.4, -0.2) is 21.8 Å².